The van der Waals surface area contributed by atoms with E-state index >= 15 is 0 Å². The molecule has 7 heteroatoms. The van der Waals surface area contributed by atoms with Gasteiger partial charge in [0.2, 0.25) is 18.0 Å². The molecule has 0 saturated carbocycles. The number of amides is 1. The molecule has 1 amide bonds. The van der Waals surface area contributed by atoms with Crippen molar-refractivity contribution >= 4 is 43.7 Å². The second-order valence-corrected chi connectivity index (χ2v) is 6.78. The van der Waals surface area contributed by atoms with Crippen molar-refractivity contribution in [1.82, 2.24) is 5.01 Å². The Morgan fingerprint density at radius 2 is 1.96 bits per heavy atom. The number of hydrogen-bond donors (Lipinski definition) is 1. The molecule has 0 saturated heterocycles. The lowest BCUT2D eigenvalue weighted by atomic mass is 10.1. The summed E-state index contributed by atoms with van der Waals surface area (Å²) in [5.74, 6) is 0.0837. The molecule has 5 nitrogen and oxygen atoms in total. The van der Waals surface area contributed by atoms with Crippen LogP contribution in [0.1, 0.15) is 24.3 Å². The standard InChI is InChI=1S/C16H12Br2N2O3/c1-9(21)20-16(13-8-12(18)5-6-14(13)22)23-15(19-20)10-3-2-4-11(17)7-10/h2-8,16,22H,1H3/t16-/m1/s1. The molecular formula is C16H12Br2N2O3. The summed E-state index contributed by atoms with van der Waals surface area (Å²) in [6.45, 7) is 1.40. The van der Waals surface area contributed by atoms with Gasteiger partial charge in [0.15, 0.2) is 0 Å². The molecule has 0 aromatic heterocycles. The van der Waals surface area contributed by atoms with Crippen LogP contribution in [0.4, 0.5) is 0 Å². The van der Waals surface area contributed by atoms with Gasteiger partial charge in [0, 0.05) is 21.4 Å². The van der Waals surface area contributed by atoms with Crippen molar-refractivity contribution in [2.45, 2.75) is 13.2 Å². The maximum atomic E-state index is 11.9. The second kappa shape index (κ2) is 6.33. The summed E-state index contributed by atoms with van der Waals surface area (Å²) in [5.41, 5.74) is 1.20. The van der Waals surface area contributed by atoms with Gasteiger partial charge in [0.05, 0.1) is 5.56 Å². The minimum atomic E-state index is -0.806. The third-order valence-corrected chi connectivity index (χ3v) is 4.28. The Balaban J connectivity index is 2.00. The summed E-state index contributed by atoms with van der Waals surface area (Å²) in [6, 6.07) is 12.4. The van der Waals surface area contributed by atoms with E-state index in [2.05, 4.69) is 37.0 Å². The summed E-state index contributed by atoms with van der Waals surface area (Å²) >= 11 is 6.75. The monoisotopic (exact) mass is 438 g/mol. The van der Waals surface area contributed by atoms with Crippen LogP contribution in [0.2, 0.25) is 0 Å². The fourth-order valence-electron chi connectivity index (χ4n) is 2.23. The predicted octanol–water partition coefficient (Wildman–Crippen LogP) is 4.16. The normalized spacial score (nSPS) is 16.9. The third kappa shape index (κ3) is 3.25. The van der Waals surface area contributed by atoms with Crippen molar-refractivity contribution < 1.29 is 14.6 Å². The van der Waals surface area contributed by atoms with Crippen molar-refractivity contribution in [3.05, 3.63) is 62.5 Å². The fraction of sp³-hybridized carbons (Fsp3) is 0.125. The van der Waals surface area contributed by atoms with Crippen LogP contribution in [0, 0.1) is 0 Å². The number of hydrazone groups is 1. The van der Waals surface area contributed by atoms with E-state index in [1.54, 1.807) is 12.1 Å². The van der Waals surface area contributed by atoms with E-state index in [1.165, 1.54) is 18.0 Å². The number of rotatable bonds is 2. The van der Waals surface area contributed by atoms with Gasteiger partial charge in [0.25, 0.3) is 0 Å². The minimum Gasteiger partial charge on any atom is -0.507 e. The molecule has 1 aliphatic heterocycles. The van der Waals surface area contributed by atoms with Gasteiger partial charge in [-0.1, -0.05) is 37.9 Å². The number of ether oxygens (including phenoxy) is 1. The summed E-state index contributed by atoms with van der Waals surface area (Å²) in [6.07, 6.45) is -0.806. The van der Waals surface area contributed by atoms with Crippen molar-refractivity contribution in [2.75, 3.05) is 0 Å². The molecule has 2 aromatic rings. The topological polar surface area (TPSA) is 62.1 Å². The van der Waals surface area contributed by atoms with Crippen LogP contribution >= 0.6 is 31.9 Å². The van der Waals surface area contributed by atoms with Crippen LogP contribution in [-0.2, 0) is 9.53 Å². The molecule has 0 fully saturated rings. The second-order valence-electron chi connectivity index (χ2n) is 4.95. The predicted molar refractivity (Wildman–Crippen MR) is 92.8 cm³/mol. The minimum absolute atomic E-state index is 0.0372. The zero-order valence-electron chi connectivity index (χ0n) is 12.0. The van der Waals surface area contributed by atoms with E-state index in [-0.39, 0.29) is 11.7 Å². The number of halogens is 2. The Labute approximate surface area is 149 Å². The van der Waals surface area contributed by atoms with Gasteiger partial charge in [-0.15, -0.1) is 5.10 Å². The van der Waals surface area contributed by atoms with Gasteiger partial charge in [-0.3, -0.25) is 4.79 Å². The molecule has 118 valence electrons. The van der Waals surface area contributed by atoms with Crippen LogP contribution < -0.4 is 0 Å². The molecule has 0 radical (unpaired) electrons. The van der Waals surface area contributed by atoms with Gasteiger partial charge in [-0.2, -0.15) is 5.01 Å². The fourth-order valence-corrected chi connectivity index (χ4v) is 3.01. The third-order valence-electron chi connectivity index (χ3n) is 3.29. The molecule has 1 aliphatic rings. The lowest BCUT2D eigenvalue weighted by Crippen LogP contribution is -2.25. The number of carbonyl (C=O) groups is 1. The quantitative estimate of drug-likeness (QED) is 0.764. The first-order valence-electron chi connectivity index (χ1n) is 6.75. The highest BCUT2D eigenvalue weighted by Gasteiger charge is 2.34. The van der Waals surface area contributed by atoms with Crippen LogP contribution in [0.5, 0.6) is 5.75 Å². The first-order valence-corrected chi connectivity index (χ1v) is 8.34. The number of phenols is 1. The number of hydrogen-bond acceptors (Lipinski definition) is 4. The van der Waals surface area contributed by atoms with E-state index in [9.17, 15) is 9.90 Å². The van der Waals surface area contributed by atoms with E-state index in [0.29, 0.717) is 11.5 Å². The average molecular weight is 440 g/mol. The molecule has 1 atom stereocenters. The van der Waals surface area contributed by atoms with Crippen molar-refractivity contribution in [3.63, 3.8) is 0 Å². The Bertz CT molecular complexity index is 808. The zero-order chi connectivity index (χ0) is 16.6. The van der Waals surface area contributed by atoms with Gasteiger partial charge < -0.3 is 9.84 Å². The molecule has 0 aliphatic carbocycles. The Morgan fingerprint density at radius 3 is 2.65 bits per heavy atom. The molecule has 2 aromatic carbocycles. The van der Waals surface area contributed by atoms with Crippen molar-refractivity contribution in [3.8, 4) is 5.75 Å². The lowest BCUT2D eigenvalue weighted by molar-refractivity contribution is -0.135. The van der Waals surface area contributed by atoms with Crippen LogP contribution in [-0.4, -0.2) is 21.9 Å². The Hall–Kier alpha value is -1.86. The SMILES string of the molecule is CC(=O)N1N=C(c2cccc(Br)c2)O[C@@H]1c1cc(Br)ccc1O. The van der Waals surface area contributed by atoms with Gasteiger partial charge in [-0.05, 0) is 36.4 Å². The van der Waals surface area contributed by atoms with Gasteiger partial charge in [-0.25, -0.2) is 0 Å². The number of aromatic hydroxyl groups is 1. The van der Waals surface area contributed by atoms with Gasteiger partial charge in [0.1, 0.15) is 5.75 Å². The first-order chi connectivity index (χ1) is 11.0. The largest absolute Gasteiger partial charge is 0.507 e. The first kappa shape index (κ1) is 16.0. The molecule has 3 rings (SSSR count). The van der Waals surface area contributed by atoms with Crippen molar-refractivity contribution in [2.24, 2.45) is 5.10 Å². The molecule has 0 unspecified atom stereocenters. The van der Waals surface area contributed by atoms with Crippen LogP contribution in [0.15, 0.2) is 56.5 Å². The number of benzene rings is 2. The van der Waals surface area contributed by atoms with E-state index < -0.39 is 6.23 Å². The maximum Gasteiger partial charge on any atom is 0.243 e. The maximum absolute atomic E-state index is 11.9. The molecule has 0 bridgehead atoms. The zero-order valence-corrected chi connectivity index (χ0v) is 15.2. The molecular weight excluding hydrogens is 428 g/mol. The number of phenolic OH excluding ortho intramolecular Hbond substituents is 1. The molecule has 23 heavy (non-hydrogen) atoms. The smallest absolute Gasteiger partial charge is 0.243 e. The lowest BCUT2D eigenvalue weighted by Gasteiger charge is -2.20. The number of carbonyl (C=O) groups excluding carboxylic acids is 1. The molecule has 1 N–H and O–H groups in total. The van der Waals surface area contributed by atoms with Crippen LogP contribution in [0.3, 0.4) is 0 Å². The summed E-state index contributed by atoms with van der Waals surface area (Å²) < 4.78 is 7.50. The Kier molecular flexibility index (Phi) is 4.41. The summed E-state index contributed by atoms with van der Waals surface area (Å²) in [5, 5.41) is 15.6. The van der Waals surface area contributed by atoms with Crippen molar-refractivity contribution in [1.29, 1.82) is 0 Å². The van der Waals surface area contributed by atoms with Crippen LogP contribution in [0.25, 0.3) is 0 Å². The van der Waals surface area contributed by atoms with E-state index in [1.807, 2.05) is 24.3 Å². The highest BCUT2D eigenvalue weighted by Crippen LogP contribution is 2.36. The highest BCUT2D eigenvalue weighted by molar-refractivity contribution is 9.10. The summed E-state index contributed by atoms with van der Waals surface area (Å²) in [7, 11) is 0. The van der Waals surface area contributed by atoms with E-state index in [0.717, 1.165) is 14.5 Å². The molecule has 1 heterocycles. The average Bonchev–Trinajstić information content (AvgIpc) is 2.95. The Morgan fingerprint density at radius 1 is 1.22 bits per heavy atom. The number of nitrogens with zero attached hydrogens (tertiary/aromatic N) is 2. The molecule has 0 spiro atoms. The van der Waals surface area contributed by atoms with Gasteiger partial charge >= 0.3 is 0 Å². The highest BCUT2D eigenvalue weighted by atomic mass is 79.9. The van der Waals surface area contributed by atoms with E-state index in [4.69, 9.17) is 4.74 Å². The summed E-state index contributed by atoms with van der Waals surface area (Å²) in [4.78, 5) is 11.9.